The molecule has 0 aliphatic rings. The van der Waals surface area contributed by atoms with E-state index < -0.39 is 5.82 Å². The lowest BCUT2D eigenvalue weighted by Gasteiger charge is -2.10. The molecule has 37 heavy (non-hydrogen) atoms. The van der Waals surface area contributed by atoms with Gasteiger partial charge in [0.2, 0.25) is 4.96 Å². The molecular weight excluding hydrogens is 532 g/mol. The summed E-state index contributed by atoms with van der Waals surface area (Å²) in [6.45, 7) is 4.32. The standard InChI is InChI=1S/C27H18Cl2FN5OS/c1-14-7-8-16(9-15(14)2)36-13-25-32-33-27-35(25)34-26(37-27)18-11-24(31-23-6-4-3-5-17(18)23)19-10-22(30)21(29)12-20(19)28/h3-12H,13H2,1-2H3. The Labute approximate surface area is 225 Å². The SMILES string of the molecule is Cc1ccc(OCc2nnc3sc(-c4cc(-c5cc(F)c(Cl)cc5Cl)nc5ccccc45)nn23)cc1C. The van der Waals surface area contributed by atoms with Gasteiger partial charge in [-0.2, -0.15) is 9.61 Å². The summed E-state index contributed by atoms with van der Waals surface area (Å²) in [6, 6.07) is 18.2. The second-order valence-corrected chi connectivity index (χ2v) is 10.3. The molecule has 0 spiro atoms. The molecule has 6 aromatic rings. The smallest absolute Gasteiger partial charge is 0.235 e. The molecule has 0 aliphatic carbocycles. The molecule has 0 aliphatic heterocycles. The topological polar surface area (TPSA) is 65.2 Å². The number of halogens is 3. The van der Waals surface area contributed by atoms with Crippen LogP contribution in [0.2, 0.25) is 10.0 Å². The van der Waals surface area contributed by atoms with Crippen LogP contribution in [0.5, 0.6) is 5.75 Å². The third kappa shape index (κ3) is 4.41. The average molecular weight is 550 g/mol. The van der Waals surface area contributed by atoms with E-state index in [2.05, 4.69) is 17.1 Å². The number of benzene rings is 3. The van der Waals surface area contributed by atoms with Crippen molar-refractivity contribution in [3.8, 4) is 27.6 Å². The molecule has 0 radical (unpaired) electrons. The number of pyridine rings is 1. The number of ether oxygens (including phenoxy) is 1. The summed E-state index contributed by atoms with van der Waals surface area (Å²) >= 11 is 13.7. The van der Waals surface area contributed by atoms with Crippen LogP contribution in [0.3, 0.4) is 0 Å². The third-order valence-electron chi connectivity index (χ3n) is 6.13. The number of rotatable bonds is 5. The minimum Gasteiger partial charge on any atom is -0.486 e. The van der Waals surface area contributed by atoms with Crippen molar-refractivity contribution in [3.05, 3.63) is 93.5 Å². The van der Waals surface area contributed by atoms with Crippen molar-refractivity contribution in [1.82, 2.24) is 24.8 Å². The van der Waals surface area contributed by atoms with Crippen molar-refractivity contribution in [1.29, 1.82) is 0 Å². The number of hydrogen-bond donors (Lipinski definition) is 0. The molecule has 3 heterocycles. The molecule has 3 aromatic heterocycles. The highest BCUT2D eigenvalue weighted by Gasteiger charge is 2.19. The zero-order valence-corrected chi connectivity index (χ0v) is 22.0. The van der Waals surface area contributed by atoms with Crippen molar-refractivity contribution in [2.45, 2.75) is 20.5 Å². The first-order valence-corrected chi connectivity index (χ1v) is 12.9. The molecule has 6 rings (SSSR count). The highest BCUT2D eigenvalue weighted by Crippen LogP contribution is 2.37. The van der Waals surface area contributed by atoms with Crippen molar-refractivity contribution in [2.75, 3.05) is 0 Å². The Morgan fingerprint density at radius 1 is 0.919 bits per heavy atom. The van der Waals surface area contributed by atoms with Gasteiger partial charge < -0.3 is 4.74 Å². The molecule has 0 saturated carbocycles. The monoisotopic (exact) mass is 549 g/mol. The molecule has 6 nitrogen and oxygen atoms in total. The lowest BCUT2D eigenvalue weighted by atomic mass is 10.0. The fourth-order valence-corrected chi connectivity index (χ4v) is 5.39. The maximum absolute atomic E-state index is 14.3. The van der Waals surface area contributed by atoms with Crippen LogP contribution in [0, 0.1) is 19.7 Å². The molecular formula is C27H18Cl2FN5OS. The summed E-state index contributed by atoms with van der Waals surface area (Å²) in [4.78, 5) is 5.36. The quantitative estimate of drug-likeness (QED) is 0.206. The Kier molecular flexibility index (Phi) is 6.03. The van der Waals surface area contributed by atoms with Gasteiger partial charge in [-0.25, -0.2) is 9.37 Å². The van der Waals surface area contributed by atoms with Crippen LogP contribution in [0.25, 0.3) is 37.7 Å². The molecule has 0 amide bonds. The molecule has 0 atom stereocenters. The van der Waals surface area contributed by atoms with Crippen LogP contribution in [-0.2, 0) is 6.61 Å². The largest absolute Gasteiger partial charge is 0.486 e. The van der Waals surface area contributed by atoms with Gasteiger partial charge in [0.15, 0.2) is 5.82 Å². The van der Waals surface area contributed by atoms with Gasteiger partial charge in [-0.05, 0) is 61.4 Å². The van der Waals surface area contributed by atoms with E-state index in [0.717, 1.165) is 27.8 Å². The van der Waals surface area contributed by atoms with Gasteiger partial charge in [0, 0.05) is 16.5 Å². The van der Waals surface area contributed by atoms with E-state index in [-0.39, 0.29) is 11.6 Å². The van der Waals surface area contributed by atoms with Crippen LogP contribution < -0.4 is 4.74 Å². The van der Waals surface area contributed by atoms with Crippen molar-refractivity contribution in [2.24, 2.45) is 0 Å². The Balaban J connectivity index is 1.42. The van der Waals surface area contributed by atoms with E-state index >= 15 is 0 Å². The van der Waals surface area contributed by atoms with Gasteiger partial charge in [0.05, 0.1) is 21.3 Å². The maximum atomic E-state index is 14.3. The molecule has 0 N–H and O–H groups in total. The third-order valence-corrected chi connectivity index (χ3v) is 7.67. The highest BCUT2D eigenvalue weighted by atomic mass is 35.5. The van der Waals surface area contributed by atoms with E-state index in [1.54, 1.807) is 4.52 Å². The van der Waals surface area contributed by atoms with E-state index in [1.807, 2.05) is 55.5 Å². The second-order valence-electron chi connectivity index (χ2n) is 8.57. The van der Waals surface area contributed by atoms with E-state index in [1.165, 1.54) is 29.0 Å². The molecule has 10 heteroatoms. The summed E-state index contributed by atoms with van der Waals surface area (Å²) in [5.74, 6) is 0.772. The molecule has 0 unspecified atom stereocenters. The van der Waals surface area contributed by atoms with Crippen molar-refractivity contribution >= 4 is 50.4 Å². The predicted octanol–water partition coefficient (Wildman–Crippen LogP) is 7.71. The number of para-hydroxylation sites is 1. The average Bonchev–Trinajstić information content (AvgIpc) is 3.47. The molecule has 0 bridgehead atoms. The van der Waals surface area contributed by atoms with Gasteiger partial charge in [-0.1, -0.05) is 58.8 Å². The highest BCUT2D eigenvalue weighted by molar-refractivity contribution is 7.19. The van der Waals surface area contributed by atoms with Crippen LogP contribution >= 0.6 is 34.5 Å². The van der Waals surface area contributed by atoms with Crippen LogP contribution in [0.4, 0.5) is 4.39 Å². The molecule has 0 fully saturated rings. The zero-order chi connectivity index (χ0) is 25.7. The molecule has 184 valence electrons. The minimum absolute atomic E-state index is 0.0426. The predicted molar refractivity (Wildman–Crippen MR) is 145 cm³/mol. The number of hydrogen-bond acceptors (Lipinski definition) is 6. The van der Waals surface area contributed by atoms with Crippen molar-refractivity contribution in [3.63, 3.8) is 0 Å². The van der Waals surface area contributed by atoms with Gasteiger partial charge in [-0.3, -0.25) is 0 Å². The Morgan fingerprint density at radius 2 is 1.76 bits per heavy atom. The normalized spacial score (nSPS) is 11.5. The van der Waals surface area contributed by atoms with E-state index in [9.17, 15) is 4.39 Å². The summed E-state index contributed by atoms with van der Waals surface area (Å²) in [7, 11) is 0. The number of fused-ring (bicyclic) bond motifs is 2. The Morgan fingerprint density at radius 3 is 2.59 bits per heavy atom. The molecule has 3 aromatic carbocycles. The van der Waals surface area contributed by atoms with E-state index in [0.29, 0.717) is 32.1 Å². The fourth-order valence-electron chi connectivity index (χ4n) is 4.02. The van der Waals surface area contributed by atoms with Crippen LogP contribution in [0.15, 0.2) is 60.7 Å². The lowest BCUT2D eigenvalue weighted by molar-refractivity contribution is 0.292. The first-order valence-electron chi connectivity index (χ1n) is 11.3. The molecule has 0 saturated heterocycles. The maximum Gasteiger partial charge on any atom is 0.235 e. The number of nitrogens with zero attached hydrogens (tertiary/aromatic N) is 5. The minimum atomic E-state index is -0.565. The first-order chi connectivity index (χ1) is 17.9. The zero-order valence-electron chi connectivity index (χ0n) is 19.7. The second kappa shape index (κ2) is 9.37. The Hall–Kier alpha value is -3.59. The van der Waals surface area contributed by atoms with Gasteiger partial charge in [0.1, 0.15) is 23.2 Å². The number of aryl methyl sites for hydroxylation is 2. The number of aromatic nitrogens is 5. The van der Waals surface area contributed by atoms with Crippen LogP contribution in [0.1, 0.15) is 17.0 Å². The van der Waals surface area contributed by atoms with Crippen LogP contribution in [-0.4, -0.2) is 24.8 Å². The summed E-state index contributed by atoms with van der Waals surface area (Å²) in [6.07, 6.45) is 0. The summed E-state index contributed by atoms with van der Waals surface area (Å²) in [5, 5.41) is 15.2. The fraction of sp³-hybridized carbons (Fsp3) is 0.111. The summed E-state index contributed by atoms with van der Waals surface area (Å²) in [5.41, 5.74) is 4.86. The van der Waals surface area contributed by atoms with Gasteiger partial charge >= 0.3 is 0 Å². The Bertz CT molecular complexity index is 1820. The summed E-state index contributed by atoms with van der Waals surface area (Å²) < 4.78 is 21.9. The van der Waals surface area contributed by atoms with Gasteiger partial charge in [-0.15, -0.1) is 10.2 Å². The lowest BCUT2D eigenvalue weighted by Crippen LogP contribution is -2.02. The van der Waals surface area contributed by atoms with E-state index in [4.69, 9.17) is 38.0 Å². The van der Waals surface area contributed by atoms with Gasteiger partial charge in [0.25, 0.3) is 0 Å². The van der Waals surface area contributed by atoms with Crippen molar-refractivity contribution < 1.29 is 9.13 Å². The first kappa shape index (κ1) is 23.8.